The molecule has 0 amide bonds. The van der Waals surface area contributed by atoms with E-state index in [1.807, 2.05) is 0 Å². The maximum absolute atomic E-state index is 10.8. The molecule has 0 fully saturated rings. The zero-order valence-corrected chi connectivity index (χ0v) is 13.7. The molecule has 6 heteroatoms. The summed E-state index contributed by atoms with van der Waals surface area (Å²) in [5.41, 5.74) is 0.822. The Morgan fingerprint density at radius 3 is 1.88 bits per heavy atom. The van der Waals surface area contributed by atoms with Crippen LogP contribution in [0, 0.1) is 0 Å². The molecule has 0 unspecified atom stereocenters. The summed E-state index contributed by atoms with van der Waals surface area (Å²) in [5, 5.41) is -0.463. The third kappa shape index (κ3) is 15.9. The van der Waals surface area contributed by atoms with Crippen LogP contribution in [0.3, 0.4) is 0 Å². The molecule has 3 nitrogen and oxygen atoms in total. The lowest BCUT2D eigenvalue weighted by Gasteiger charge is -2.03. The van der Waals surface area contributed by atoms with Gasteiger partial charge in [0.2, 0.25) is 5.24 Å². The molecule has 0 aromatic carbocycles. The summed E-state index contributed by atoms with van der Waals surface area (Å²) in [4.78, 5) is 20.6. The van der Waals surface area contributed by atoms with Gasteiger partial charge < -0.3 is 4.74 Å². The van der Waals surface area contributed by atoms with Crippen molar-refractivity contribution in [2.24, 2.45) is 0 Å². The Kier molecular flexibility index (Phi) is 12.4. The van der Waals surface area contributed by atoms with Crippen LogP contribution in [0.1, 0.15) is 20.3 Å². The molecule has 0 aromatic heterocycles. The van der Waals surface area contributed by atoms with Crippen LogP contribution < -0.4 is 0 Å². The monoisotopic (exact) mass is 388 g/mol. The maximum Gasteiger partial charge on any atom is 0.333 e. The molecular formula is C11H15Br2ClO3. The largest absolute Gasteiger partial charge is 0.462 e. The normalized spacial score (nSPS) is 9.06. The molecule has 17 heavy (non-hydrogen) atoms. The van der Waals surface area contributed by atoms with E-state index in [0.717, 1.165) is 6.42 Å². The third-order valence-corrected chi connectivity index (χ3v) is 2.49. The number of alkyl halides is 2. The smallest absolute Gasteiger partial charge is 0.333 e. The minimum Gasteiger partial charge on any atom is -0.462 e. The second-order valence-corrected chi connectivity index (χ2v) is 6.93. The lowest BCUT2D eigenvalue weighted by Crippen LogP contribution is -2.07. The molecule has 98 valence electrons. The highest BCUT2D eigenvalue weighted by Gasteiger charge is 2.03. The van der Waals surface area contributed by atoms with Crippen molar-refractivity contribution in [2.45, 2.75) is 24.0 Å². The van der Waals surface area contributed by atoms with Crippen molar-refractivity contribution in [1.29, 1.82) is 0 Å². The van der Waals surface area contributed by atoms with Gasteiger partial charge in [0.25, 0.3) is 0 Å². The number of ether oxygens (including phenoxy) is 1. The van der Waals surface area contributed by atoms with Crippen LogP contribution in [0.2, 0.25) is 0 Å². The average Bonchev–Trinajstić information content (AvgIpc) is 2.17. The van der Waals surface area contributed by atoms with Crippen molar-refractivity contribution >= 4 is 54.7 Å². The molecule has 0 aliphatic carbocycles. The van der Waals surface area contributed by atoms with Crippen molar-refractivity contribution in [3.63, 3.8) is 0 Å². The Bertz CT molecular complexity index is 289. The molecule has 0 aliphatic heterocycles. The van der Waals surface area contributed by atoms with Crippen molar-refractivity contribution < 1.29 is 14.3 Å². The van der Waals surface area contributed by atoms with Gasteiger partial charge in [-0.15, -0.1) is 0 Å². The minimum atomic E-state index is -0.463. The summed E-state index contributed by atoms with van der Waals surface area (Å²) in [6.45, 7) is 10.3. The standard InChI is InChI=1S/C7H10Br2O2.C4H5ClO/c1-5(2)7(10)11-4-3-6(8)9;1-3(2)4(5)6/h6H,1,3-4H2,2H3;1H2,2H3. The van der Waals surface area contributed by atoms with Crippen LogP contribution >= 0.6 is 43.5 Å². The highest BCUT2D eigenvalue weighted by Crippen LogP contribution is 2.12. The van der Waals surface area contributed by atoms with E-state index < -0.39 is 5.24 Å². The summed E-state index contributed by atoms with van der Waals surface area (Å²) in [5.74, 6) is -0.328. The van der Waals surface area contributed by atoms with Crippen LogP contribution in [0.25, 0.3) is 0 Å². The van der Waals surface area contributed by atoms with Gasteiger partial charge in [-0.2, -0.15) is 0 Å². The second-order valence-electron chi connectivity index (χ2n) is 3.15. The first kappa shape index (κ1) is 19.2. The van der Waals surface area contributed by atoms with E-state index in [0.29, 0.717) is 17.8 Å². The Morgan fingerprint density at radius 1 is 1.24 bits per heavy atom. The quantitative estimate of drug-likeness (QED) is 0.309. The lowest BCUT2D eigenvalue weighted by molar-refractivity contribution is -0.138. The summed E-state index contributed by atoms with van der Waals surface area (Å²) in [6.07, 6.45) is 0.749. The Hall–Kier alpha value is -0.130. The first-order valence-electron chi connectivity index (χ1n) is 4.64. The van der Waals surface area contributed by atoms with Gasteiger partial charge in [-0.1, -0.05) is 45.0 Å². The molecule has 0 rings (SSSR count). The van der Waals surface area contributed by atoms with Gasteiger partial charge in [-0.3, -0.25) is 4.79 Å². The molecular weight excluding hydrogens is 375 g/mol. The predicted molar refractivity (Wildman–Crippen MR) is 77.7 cm³/mol. The zero-order chi connectivity index (χ0) is 14.0. The molecule has 0 saturated heterocycles. The number of esters is 1. The molecule has 0 atom stereocenters. The number of halogens is 3. The van der Waals surface area contributed by atoms with Crippen molar-refractivity contribution in [2.75, 3.05) is 6.61 Å². The van der Waals surface area contributed by atoms with E-state index in [-0.39, 0.29) is 9.71 Å². The van der Waals surface area contributed by atoms with Crippen LogP contribution in [0.15, 0.2) is 24.3 Å². The molecule has 0 heterocycles. The van der Waals surface area contributed by atoms with Crippen LogP contribution in [0.4, 0.5) is 0 Å². The number of allylic oxidation sites excluding steroid dienone is 1. The number of carbonyl (C=O) groups excluding carboxylic acids is 2. The molecule has 0 N–H and O–H groups in total. The topological polar surface area (TPSA) is 43.4 Å². The first-order chi connectivity index (χ1) is 7.68. The fourth-order valence-electron chi connectivity index (χ4n) is 0.364. The summed E-state index contributed by atoms with van der Waals surface area (Å²) in [6, 6.07) is 0. The van der Waals surface area contributed by atoms with Gasteiger partial charge in [0.05, 0.1) is 10.3 Å². The summed E-state index contributed by atoms with van der Waals surface area (Å²) < 4.78 is 5.02. The lowest BCUT2D eigenvalue weighted by atomic mass is 10.4. The van der Waals surface area contributed by atoms with Crippen LogP contribution in [0.5, 0.6) is 0 Å². The fraction of sp³-hybridized carbons (Fsp3) is 0.455. The molecule has 0 aromatic rings. The second kappa shape index (κ2) is 11.0. The van der Waals surface area contributed by atoms with Crippen LogP contribution in [-0.4, -0.2) is 21.6 Å². The van der Waals surface area contributed by atoms with Gasteiger partial charge in [-0.25, -0.2) is 4.79 Å². The fourth-order valence-corrected chi connectivity index (χ4v) is 0.738. The molecule has 0 spiro atoms. The van der Waals surface area contributed by atoms with Crippen molar-refractivity contribution in [3.8, 4) is 0 Å². The number of hydrogen-bond acceptors (Lipinski definition) is 3. The Morgan fingerprint density at radius 2 is 1.65 bits per heavy atom. The minimum absolute atomic E-state index is 0.202. The van der Waals surface area contributed by atoms with Gasteiger partial charge >= 0.3 is 5.97 Å². The van der Waals surface area contributed by atoms with E-state index in [4.69, 9.17) is 16.3 Å². The highest BCUT2D eigenvalue weighted by atomic mass is 79.9. The summed E-state index contributed by atoms with van der Waals surface area (Å²) >= 11 is 11.4. The van der Waals surface area contributed by atoms with Crippen molar-refractivity contribution in [1.82, 2.24) is 0 Å². The number of rotatable bonds is 5. The van der Waals surface area contributed by atoms with E-state index in [2.05, 4.69) is 45.0 Å². The molecule has 0 saturated carbocycles. The summed E-state index contributed by atoms with van der Waals surface area (Å²) in [7, 11) is 0. The first-order valence-corrected chi connectivity index (χ1v) is 6.85. The van der Waals surface area contributed by atoms with E-state index in [1.54, 1.807) is 13.8 Å². The van der Waals surface area contributed by atoms with E-state index in [9.17, 15) is 9.59 Å². The van der Waals surface area contributed by atoms with E-state index in [1.165, 1.54) is 0 Å². The Labute approximate surface area is 123 Å². The third-order valence-electron chi connectivity index (χ3n) is 1.25. The Balaban J connectivity index is 0. The average molecular weight is 390 g/mol. The van der Waals surface area contributed by atoms with Gasteiger partial charge in [0, 0.05) is 17.6 Å². The zero-order valence-electron chi connectivity index (χ0n) is 9.76. The molecule has 0 radical (unpaired) electrons. The highest BCUT2D eigenvalue weighted by molar-refractivity contribution is 9.24. The van der Waals surface area contributed by atoms with Gasteiger partial charge in [0.1, 0.15) is 0 Å². The van der Waals surface area contributed by atoms with E-state index >= 15 is 0 Å². The van der Waals surface area contributed by atoms with Crippen molar-refractivity contribution in [3.05, 3.63) is 24.3 Å². The predicted octanol–water partition coefficient (Wildman–Crippen LogP) is 3.94. The van der Waals surface area contributed by atoms with Crippen LogP contribution in [-0.2, 0) is 14.3 Å². The number of carbonyl (C=O) groups is 2. The maximum atomic E-state index is 10.8. The van der Waals surface area contributed by atoms with Gasteiger partial charge in [0.15, 0.2) is 0 Å². The molecule has 0 aliphatic rings. The molecule has 0 bridgehead atoms. The van der Waals surface area contributed by atoms with Gasteiger partial charge in [-0.05, 0) is 25.4 Å². The number of hydrogen-bond donors (Lipinski definition) is 0. The SMILES string of the molecule is C=C(C)C(=O)Cl.C=C(C)C(=O)OCCC(Br)Br.